The fraction of sp³-hybridized carbons (Fsp3) is 0.400. The average molecular weight is 629 g/mol. The van der Waals surface area contributed by atoms with Crippen molar-refractivity contribution >= 4 is 72.0 Å². The first-order chi connectivity index (χ1) is 17.3. The first-order valence-corrected chi connectivity index (χ1v) is 15.5. The van der Waals surface area contributed by atoms with Crippen LogP contribution in [0.25, 0.3) is 0 Å². The van der Waals surface area contributed by atoms with Gasteiger partial charge in [-0.15, -0.1) is 0 Å². The number of ether oxygens (including phenoxy) is 1. The molecule has 0 aliphatic carbocycles. The highest BCUT2D eigenvalue weighted by Crippen LogP contribution is 2.43. The number of hydrogen-bond acceptors (Lipinski definition) is 6. The van der Waals surface area contributed by atoms with Crippen molar-refractivity contribution < 1.29 is 22.7 Å². The van der Waals surface area contributed by atoms with Gasteiger partial charge in [-0.2, -0.15) is 4.99 Å². The number of amides is 2. The molecule has 2 aromatic rings. The number of rotatable bonds is 5. The van der Waals surface area contributed by atoms with Crippen LogP contribution < -0.4 is 10.2 Å². The van der Waals surface area contributed by atoms with E-state index in [1.54, 1.807) is 43.9 Å². The molecule has 1 N–H and O–H groups in total. The van der Waals surface area contributed by atoms with Crippen LogP contribution in [-0.2, 0) is 25.8 Å². The second-order valence-electron chi connectivity index (χ2n) is 9.89. The van der Waals surface area contributed by atoms with E-state index in [4.69, 9.17) is 16.3 Å². The Balaban J connectivity index is 1.67. The number of hydrogen-bond donors (Lipinski definition) is 1. The summed E-state index contributed by atoms with van der Waals surface area (Å²) in [6.07, 6.45) is -0.516. The lowest BCUT2D eigenvalue weighted by Gasteiger charge is -2.26. The number of sulfone groups is 1. The number of carbonyl (C=O) groups is 2. The number of benzene rings is 2. The van der Waals surface area contributed by atoms with E-state index in [-0.39, 0.29) is 23.2 Å². The Labute approximate surface area is 234 Å². The second-order valence-corrected chi connectivity index (χ2v) is 14.6. The molecule has 2 aliphatic heterocycles. The summed E-state index contributed by atoms with van der Waals surface area (Å²) in [5, 5.41) is 3.12. The van der Waals surface area contributed by atoms with Gasteiger partial charge in [0.05, 0.1) is 28.3 Å². The van der Waals surface area contributed by atoms with E-state index in [0.717, 1.165) is 10.0 Å². The number of nitrogens with zero attached hydrogens (tertiary/aromatic N) is 2. The average Bonchev–Trinajstić information content (AvgIpc) is 3.24. The minimum Gasteiger partial charge on any atom is -0.444 e. The number of anilines is 1. The van der Waals surface area contributed by atoms with Crippen LogP contribution in [0.15, 0.2) is 58.0 Å². The number of thioether (sulfide) groups is 1. The molecule has 0 bridgehead atoms. The molecule has 2 saturated heterocycles. The largest absolute Gasteiger partial charge is 0.444 e. The van der Waals surface area contributed by atoms with E-state index >= 15 is 0 Å². The predicted octanol–water partition coefficient (Wildman–Crippen LogP) is 4.84. The van der Waals surface area contributed by atoms with Crippen LogP contribution >= 0.6 is 39.3 Å². The highest BCUT2D eigenvalue weighted by molar-refractivity contribution is 9.10. The van der Waals surface area contributed by atoms with Gasteiger partial charge in [-0.1, -0.05) is 69.6 Å². The normalized spacial score (nSPS) is 22.5. The van der Waals surface area contributed by atoms with Gasteiger partial charge in [-0.25, -0.2) is 13.2 Å². The molecular formula is C25H27BrClN3O5S2. The summed E-state index contributed by atoms with van der Waals surface area (Å²) >= 11 is 11.2. The van der Waals surface area contributed by atoms with E-state index in [1.165, 1.54) is 11.8 Å². The maximum Gasteiger partial charge on any atom is 0.408 e. The molecular weight excluding hydrogens is 602 g/mol. The maximum atomic E-state index is 13.5. The van der Waals surface area contributed by atoms with Crippen molar-refractivity contribution in [1.82, 2.24) is 5.32 Å². The molecule has 4 rings (SSSR count). The van der Waals surface area contributed by atoms with E-state index < -0.39 is 39.5 Å². The first-order valence-electron chi connectivity index (χ1n) is 11.6. The van der Waals surface area contributed by atoms with Gasteiger partial charge < -0.3 is 15.0 Å². The Morgan fingerprint density at radius 3 is 2.57 bits per heavy atom. The molecule has 2 aromatic carbocycles. The highest BCUT2D eigenvalue weighted by atomic mass is 79.9. The third-order valence-electron chi connectivity index (χ3n) is 5.71. The second kappa shape index (κ2) is 11.0. The zero-order valence-corrected chi connectivity index (χ0v) is 24.5. The molecule has 0 aromatic heterocycles. The van der Waals surface area contributed by atoms with Crippen LogP contribution in [0.2, 0.25) is 5.02 Å². The Morgan fingerprint density at radius 2 is 1.92 bits per heavy atom. The molecule has 198 valence electrons. The van der Waals surface area contributed by atoms with E-state index in [0.29, 0.717) is 15.9 Å². The number of amidine groups is 1. The van der Waals surface area contributed by atoms with Crippen molar-refractivity contribution in [1.29, 1.82) is 0 Å². The van der Waals surface area contributed by atoms with Crippen LogP contribution in [0, 0.1) is 0 Å². The summed E-state index contributed by atoms with van der Waals surface area (Å²) in [6.45, 7) is 5.22. The van der Waals surface area contributed by atoms with Crippen LogP contribution in [0.4, 0.5) is 10.5 Å². The van der Waals surface area contributed by atoms with Crippen molar-refractivity contribution in [2.75, 3.05) is 16.4 Å². The fourth-order valence-corrected chi connectivity index (χ4v) is 8.87. The molecule has 37 heavy (non-hydrogen) atoms. The molecule has 8 nitrogen and oxygen atoms in total. The Bertz CT molecular complexity index is 1330. The molecule has 12 heteroatoms. The quantitative estimate of drug-likeness (QED) is 0.505. The van der Waals surface area contributed by atoms with Crippen molar-refractivity contribution in [3.8, 4) is 0 Å². The fourth-order valence-electron chi connectivity index (χ4n) is 4.19. The van der Waals surface area contributed by atoms with Gasteiger partial charge in [0.1, 0.15) is 11.6 Å². The number of fused-ring (bicyclic) bond motifs is 1. The van der Waals surface area contributed by atoms with Crippen LogP contribution in [0.3, 0.4) is 0 Å². The number of aliphatic imine (C=N–C) groups is 1. The van der Waals surface area contributed by atoms with Crippen molar-refractivity contribution in [3.05, 3.63) is 63.6 Å². The summed E-state index contributed by atoms with van der Waals surface area (Å²) in [6, 6.07) is 13.1. The van der Waals surface area contributed by atoms with Gasteiger partial charge >= 0.3 is 6.09 Å². The SMILES string of the molecule is CC(C)(C)OC(=O)N[C@H](Cc1ccccc1)C(=O)N=C1S[C@H]2CS(=O)(=O)C[C@@H]2N1c1ccc(Br)cc1Cl. The minimum absolute atomic E-state index is 0.0101. The zero-order valence-electron chi connectivity index (χ0n) is 20.5. The Morgan fingerprint density at radius 1 is 1.22 bits per heavy atom. The molecule has 0 unspecified atom stereocenters. The minimum atomic E-state index is -3.24. The topological polar surface area (TPSA) is 105 Å². The molecule has 2 aliphatic rings. The summed E-state index contributed by atoms with van der Waals surface area (Å²) in [4.78, 5) is 32.2. The van der Waals surface area contributed by atoms with Gasteiger partial charge in [0, 0.05) is 16.1 Å². The van der Waals surface area contributed by atoms with Gasteiger partial charge in [0.25, 0.3) is 5.91 Å². The lowest BCUT2D eigenvalue weighted by atomic mass is 10.1. The van der Waals surface area contributed by atoms with Crippen molar-refractivity contribution in [3.63, 3.8) is 0 Å². The first kappa shape index (κ1) is 27.9. The van der Waals surface area contributed by atoms with E-state index in [9.17, 15) is 18.0 Å². The maximum absolute atomic E-state index is 13.5. The van der Waals surface area contributed by atoms with Crippen LogP contribution in [0.5, 0.6) is 0 Å². The molecule has 3 atom stereocenters. The van der Waals surface area contributed by atoms with Crippen LogP contribution in [0.1, 0.15) is 26.3 Å². The molecule has 0 saturated carbocycles. The zero-order chi connectivity index (χ0) is 27.0. The lowest BCUT2D eigenvalue weighted by molar-refractivity contribution is -0.119. The third kappa shape index (κ3) is 7.07. The third-order valence-corrected chi connectivity index (χ3v) is 9.72. The standard InChI is InChI=1S/C25H27BrClN3O5S2/c1-25(2,3)35-24(32)28-18(11-15-7-5-4-6-8-15)22(31)29-23-30(19-10-9-16(26)12-17(19)27)20-13-37(33,34)14-21(20)36-23/h4-10,12,18,20-21H,11,13-14H2,1-3H3,(H,28,32)/t18-,20+,21+/m1/s1. The highest BCUT2D eigenvalue weighted by Gasteiger charge is 2.50. The predicted molar refractivity (Wildman–Crippen MR) is 151 cm³/mol. The smallest absolute Gasteiger partial charge is 0.408 e. The molecule has 2 fully saturated rings. The number of nitrogens with one attached hydrogen (secondary N) is 1. The summed E-state index contributed by atoms with van der Waals surface area (Å²) in [5.41, 5.74) is 0.663. The monoisotopic (exact) mass is 627 g/mol. The summed E-state index contributed by atoms with van der Waals surface area (Å²) < 4.78 is 30.9. The number of carbonyl (C=O) groups excluding carboxylic acids is 2. The molecule has 0 radical (unpaired) electrons. The van der Waals surface area contributed by atoms with Crippen LogP contribution in [-0.4, -0.2) is 60.0 Å². The molecule has 0 spiro atoms. The van der Waals surface area contributed by atoms with Gasteiger partial charge in [0.2, 0.25) is 0 Å². The molecule has 2 amide bonds. The number of halogens is 2. The van der Waals surface area contributed by atoms with Crippen molar-refractivity contribution in [2.24, 2.45) is 4.99 Å². The van der Waals surface area contributed by atoms with E-state index in [1.807, 2.05) is 30.3 Å². The Hall–Kier alpha value is -2.08. The van der Waals surface area contributed by atoms with Crippen molar-refractivity contribution in [2.45, 2.75) is 50.1 Å². The van der Waals surface area contributed by atoms with Gasteiger partial charge in [-0.3, -0.25) is 4.79 Å². The van der Waals surface area contributed by atoms with Gasteiger partial charge in [0.15, 0.2) is 15.0 Å². The van der Waals surface area contributed by atoms with E-state index in [2.05, 4.69) is 26.2 Å². The Kier molecular flexibility index (Phi) is 8.27. The number of alkyl carbamates (subject to hydrolysis) is 1. The summed E-state index contributed by atoms with van der Waals surface area (Å²) in [7, 11) is -3.24. The summed E-state index contributed by atoms with van der Waals surface area (Å²) in [5.74, 6) is -0.643. The lowest BCUT2D eigenvalue weighted by Crippen LogP contribution is -2.45. The molecule has 2 heterocycles. The van der Waals surface area contributed by atoms with Gasteiger partial charge in [-0.05, 0) is 44.5 Å².